The molecule has 0 saturated carbocycles. The zero-order chi connectivity index (χ0) is 62.2. The number of halogens is 1. The molecule has 6 aromatic rings. The summed E-state index contributed by atoms with van der Waals surface area (Å²) in [5, 5.41) is 19.6. The van der Waals surface area contributed by atoms with Crippen molar-refractivity contribution in [1.29, 1.82) is 0 Å². The monoisotopic (exact) mass is 1240 g/mol. The molecule has 3 fully saturated rings. The van der Waals surface area contributed by atoms with Gasteiger partial charge < -0.3 is 29.7 Å². The van der Waals surface area contributed by atoms with Gasteiger partial charge in [-0.1, -0.05) is 80.7 Å². The second kappa shape index (κ2) is 27.7. The number of hydrogen-bond donors (Lipinski definition) is 4. The molecule has 19 nitrogen and oxygen atoms in total. The highest BCUT2D eigenvalue weighted by Gasteiger charge is 2.39. The summed E-state index contributed by atoms with van der Waals surface area (Å²) in [4.78, 5) is 78.9. The van der Waals surface area contributed by atoms with Crippen LogP contribution >= 0.6 is 11.6 Å². The number of allylic oxidation sites excluding steroid dienone is 1. The van der Waals surface area contributed by atoms with Crippen molar-refractivity contribution in [1.82, 2.24) is 34.7 Å². The van der Waals surface area contributed by atoms with Crippen LogP contribution in [0.25, 0.3) is 16.6 Å². The summed E-state index contributed by atoms with van der Waals surface area (Å²) in [5.74, 6) is 5.33. The normalized spacial score (nSPS) is 19.0. The molecule has 2 unspecified atom stereocenters. The number of nitrogens with zero attached hydrogens (tertiary/aromatic N) is 6. The Balaban J connectivity index is 0.646. The first kappa shape index (κ1) is 62.5. The van der Waals surface area contributed by atoms with E-state index in [2.05, 4.69) is 77.8 Å². The standard InChI is InChI=1S/C68H77ClN10O9S/c1-68(2)28-26-50(58(40-68)48-15-17-52(69)18-16-48)44-76-32-34-77(35-33-76)53-19-22-57(62(38-53)88-54-37-49-27-29-70-64(49)72-42-54)65(81)74-89(86,87)55-20-23-59(61(39-55)79(84)85)71-41-47-13-11-31-75(43-47)30-10-8-6-4-3-5-7-9-12-46-14-21-56-51(36-46)45-78(67(56)83)60-24-25-63(80)73-66(60)82/h14-23,27,29,36-39,42,47,60,71H,3-8,10-11,13,24-26,28,30-35,40-41,43-45H2,1-2H3,(H,70,72)(H,74,81)(H,73,80,82). The molecule has 4 amide bonds. The van der Waals surface area contributed by atoms with E-state index >= 15 is 0 Å². The number of likely N-dealkylation sites (tertiary alicyclic amines) is 1. The van der Waals surface area contributed by atoms with Crippen LogP contribution in [0.15, 0.2) is 114 Å². The van der Waals surface area contributed by atoms with Gasteiger partial charge in [-0.15, -0.1) is 0 Å². The number of nitro benzene ring substituents is 1. The van der Waals surface area contributed by atoms with Gasteiger partial charge in [0.2, 0.25) is 11.8 Å². The summed E-state index contributed by atoms with van der Waals surface area (Å²) >= 11 is 6.28. The Labute approximate surface area is 525 Å². The first-order valence-electron chi connectivity index (χ1n) is 31.2. The number of rotatable bonds is 22. The number of anilines is 2. The lowest BCUT2D eigenvalue weighted by Gasteiger charge is -2.39. The van der Waals surface area contributed by atoms with Crippen molar-refractivity contribution in [2.75, 3.05) is 69.1 Å². The number of carbonyl (C=O) groups is 4. The maximum atomic E-state index is 14.2. The molecule has 4 N–H and O–H groups in total. The van der Waals surface area contributed by atoms with E-state index in [1.54, 1.807) is 41.4 Å². The molecule has 0 bridgehead atoms. The predicted octanol–water partition coefficient (Wildman–Crippen LogP) is 11.5. The lowest BCUT2D eigenvalue weighted by Crippen LogP contribution is -2.52. The number of pyridine rings is 1. The Kier molecular flexibility index (Phi) is 19.5. The van der Waals surface area contributed by atoms with Crippen molar-refractivity contribution in [2.45, 2.75) is 121 Å². The Morgan fingerprint density at radius 2 is 1.69 bits per heavy atom. The van der Waals surface area contributed by atoms with Gasteiger partial charge in [0.15, 0.2) is 0 Å². The fourth-order valence-corrected chi connectivity index (χ4v) is 14.2. The maximum absolute atomic E-state index is 14.2. The average Bonchev–Trinajstić information content (AvgIpc) is 2.34. The van der Waals surface area contributed by atoms with Crippen LogP contribution in [0.3, 0.4) is 0 Å². The van der Waals surface area contributed by atoms with Crippen LogP contribution in [0.2, 0.25) is 5.02 Å². The van der Waals surface area contributed by atoms with Gasteiger partial charge in [-0.3, -0.25) is 39.5 Å². The van der Waals surface area contributed by atoms with E-state index in [-0.39, 0.29) is 46.6 Å². The van der Waals surface area contributed by atoms with Crippen molar-refractivity contribution in [3.8, 4) is 23.3 Å². The van der Waals surface area contributed by atoms with E-state index in [0.29, 0.717) is 49.6 Å². The number of piperidine rings is 2. The van der Waals surface area contributed by atoms with Crippen LogP contribution in [0, 0.1) is 33.3 Å². The fraction of sp³-hybridized carbons (Fsp3) is 0.426. The third-order valence-corrected chi connectivity index (χ3v) is 19.6. The van der Waals surface area contributed by atoms with Crippen molar-refractivity contribution in [2.24, 2.45) is 11.3 Å². The van der Waals surface area contributed by atoms with Crippen LogP contribution in [-0.4, -0.2) is 127 Å². The third-order valence-electron chi connectivity index (χ3n) is 18.0. The van der Waals surface area contributed by atoms with Crippen LogP contribution in [-0.2, 0) is 26.2 Å². The van der Waals surface area contributed by atoms with Gasteiger partial charge in [0.25, 0.3) is 27.5 Å². The van der Waals surface area contributed by atoms with E-state index in [4.69, 9.17) is 16.3 Å². The number of sulfonamides is 1. The van der Waals surface area contributed by atoms with Gasteiger partial charge in [0, 0.05) is 111 Å². The number of imide groups is 1. The largest absolute Gasteiger partial charge is 0.455 e. The number of fused-ring (bicyclic) bond motifs is 2. The maximum Gasteiger partial charge on any atom is 0.293 e. The smallest absolute Gasteiger partial charge is 0.293 e. The first-order chi connectivity index (χ1) is 42.9. The van der Waals surface area contributed by atoms with E-state index in [9.17, 15) is 37.7 Å². The molecular formula is C68H77ClN10O9S. The molecule has 5 aliphatic rings. The van der Waals surface area contributed by atoms with Gasteiger partial charge in [-0.25, -0.2) is 18.1 Å². The molecule has 1 aliphatic carbocycles. The Hall–Kier alpha value is -8.09. The number of nitro groups is 1. The molecule has 2 atom stereocenters. The summed E-state index contributed by atoms with van der Waals surface area (Å²) < 4.78 is 36.6. The molecule has 89 heavy (non-hydrogen) atoms. The number of aromatic amines is 1. The number of H-pyrrole nitrogens is 1. The zero-order valence-corrected chi connectivity index (χ0v) is 52.2. The second-order valence-electron chi connectivity index (χ2n) is 25.1. The highest BCUT2D eigenvalue weighted by molar-refractivity contribution is 7.90. The number of amides is 4. The Morgan fingerprint density at radius 1 is 0.888 bits per heavy atom. The summed E-state index contributed by atoms with van der Waals surface area (Å²) in [5.41, 5.74) is 7.75. The SMILES string of the molecule is CC1(C)CCC(CN2CCN(c3ccc(C(=O)NS(=O)(=O)c4ccc(NCC5CCCN(CCCCCCCCC#Cc6ccc7c(c6)CN(C6CCC(=O)NC6=O)C7=O)C5)c([N+](=O)[O-])c4)c(Oc4cnc5[nH]ccc5c4)c3)CC2)=C(c2ccc(Cl)cc2)C1. The summed E-state index contributed by atoms with van der Waals surface area (Å²) in [6.45, 7) is 12.2. The van der Waals surface area contributed by atoms with E-state index in [1.807, 2.05) is 30.3 Å². The molecule has 6 heterocycles. The van der Waals surface area contributed by atoms with Crippen LogP contribution in [0.4, 0.5) is 17.1 Å². The molecule has 466 valence electrons. The number of carbonyl (C=O) groups excluding carboxylic acids is 4. The van der Waals surface area contributed by atoms with Gasteiger partial charge in [0.1, 0.15) is 28.9 Å². The molecule has 3 saturated heterocycles. The van der Waals surface area contributed by atoms with Crippen molar-refractivity contribution in [3.63, 3.8) is 0 Å². The lowest BCUT2D eigenvalue weighted by atomic mass is 9.72. The van der Waals surface area contributed by atoms with Crippen LogP contribution < -0.4 is 25.0 Å². The molecule has 4 aromatic carbocycles. The molecule has 21 heteroatoms. The fourth-order valence-electron chi connectivity index (χ4n) is 13.0. The number of nitrogens with one attached hydrogen (secondary N) is 4. The van der Waals surface area contributed by atoms with E-state index in [0.717, 1.165) is 150 Å². The van der Waals surface area contributed by atoms with Crippen molar-refractivity contribution < 1.29 is 37.3 Å². The summed E-state index contributed by atoms with van der Waals surface area (Å²) in [6.07, 6.45) is 16.3. The van der Waals surface area contributed by atoms with Crippen LogP contribution in [0.5, 0.6) is 11.5 Å². The number of hydrogen-bond acceptors (Lipinski definition) is 14. The van der Waals surface area contributed by atoms with Gasteiger partial charge in [-0.2, -0.15) is 0 Å². The molecule has 4 aliphatic heterocycles. The van der Waals surface area contributed by atoms with E-state index < -0.39 is 43.4 Å². The molecule has 11 rings (SSSR count). The highest BCUT2D eigenvalue weighted by atomic mass is 35.5. The lowest BCUT2D eigenvalue weighted by molar-refractivity contribution is -0.384. The second-order valence-corrected chi connectivity index (χ2v) is 27.2. The highest BCUT2D eigenvalue weighted by Crippen LogP contribution is 2.44. The van der Waals surface area contributed by atoms with Crippen LogP contribution in [0.1, 0.15) is 141 Å². The molecule has 0 radical (unpaired) electrons. The Morgan fingerprint density at radius 3 is 2.48 bits per heavy atom. The number of ether oxygens (including phenoxy) is 1. The van der Waals surface area contributed by atoms with Gasteiger partial charge in [-0.05, 0) is 159 Å². The summed E-state index contributed by atoms with van der Waals surface area (Å²) in [7, 11) is -4.62. The number of aromatic nitrogens is 2. The minimum absolute atomic E-state index is 0.0460. The van der Waals surface area contributed by atoms with E-state index in [1.165, 1.54) is 35.0 Å². The number of piperazine rings is 1. The summed E-state index contributed by atoms with van der Waals surface area (Å²) in [6, 6.07) is 25.5. The minimum atomic E-state index is -4.62. The molecule has 0 spiro atoms. The third kappa shape index (κ3) is 15.5. The number of unbranched alkanes of at least 4 members (excludes halogenated alkanes) is 6. The average molecular weight is 1250 g/mol. The van der Waals surface area contributed by atoms with Crippen molar-refractivity contribution >= 4 is 78.9 Å². The topological polar surface area (TPSA) is 233 Å². The Bertz CT molecular complexity index is 3870. The first-order valence-corrected chi connectivity index (χ1v) is 33.1. The zero-order valence-electron chi connectivity index (χ0n) is 50.6. The predicted molar refractivity (Wildman–Crippen MR) is 344 cm³/mol. The minimum Gasteiger partial charge on any atom is -0.455 e. The van der Waals surface area contributed by atoms with Gasteiger partial charge >= 0.3 is 0 Å². The molecule has 2 aromatic heterocycles. The quantitative estimate of drug-likeness (QED) is 0.0163. The molecular weight excluding hydrogens is 1170 g/mol. The number of benzene rings is 4. The van der Waals surface area contributed by atoms with Crippen molar-refractivity contribution in [3.05, 3.63) is 152 Å². The van der Waals surface area contributed by atoms with Gasteiger partial charge in [0.05, 0.1) is 21.6 Å².